The van der Waals surface area contributed by atoms with Crippen LogP contribution >= 0.6 is 0 Å². The van der Waals surface area contributed by atoms with Crippen molar-refractivity contribution in [3.8, 4) is 11.4 Å². The van der Waals surface area contributed by atoms with Gasteiger partial charge in [-0.05, 0) is 18.6 Å². The van der Waals surface area contributed by atoms with Gasteiger partial charge in [0.2, 0.25) is 0 Å². The summed E-state index contributed by atoms with van der Waals surface area (Å²) in [5.41, 5.74) is 1.90. The maximum absolute atomic E-state index is 5.49. The molecule has 0 amide bonds. The number of anilines is 1. The Labute approximate surface area is 156 Å². The Hall–Kier alpha value is -2.91. The number of ether oxygens (including phenoxy) is 2. The second-order valence-corrected chi connectivity index (χ2v) is 6.28. The number of aromatic amines is 1. The molecule has 0 radical (unpaired) electrons. The van der Waals surface area contributed by atoms with Crippen LogP contribution in [-0.2, 0) is 22.6 Å². The lowest BCUT2D eigenvalue weighted by atomic mass is 10.0. The van der Waals surface area contributed by atoms with Gasteiger partial charge in [0.15, 0.2) is 11.6 Å². The number of rotatable bonds is 7. The van der Waals surface area contributed by atoms with Crippen LogP contribution in [0.25, 0.3) is 11.4 Å². The van der Waals surface area contributed by atoms with E-state index < -0.39 is 0 Å². The third-order valence-electron chi connectivity index (χ3n) is 4.32. The molecular formula is C18H21N7O2. The quantitative estimate of drug-likeness (QED) is 0.652. The van der Waals surface area contributed by atoms with Gasteiger partial charge >= 0.3 is 0 Å². The summed E-state index contributed by atoms with van der Waals surface area (Å²) in [6, 6.07) is 5.72. The third-order valence-corrected chi connectivity index (χ3v) is 4.32. The Kier molecular flexibility index (Phi) is 5.31. The van der Waals surface area contributed by atoms with E-state index in [1.807, 2.05) is 18.2 Å². The van der Waals surface area contributed by atoms with Crippen LogP contribution in [0.3, 0.4) is 0 Å². The molecule has 0 aromatic carbocycles. The Morgan fingerprint density at radius 3 is 2.93 bits per heavy atom. The van der Waals surface area contributed by atoms with Crippen LogP contribution in [0.4, 0.5) is 5.82 Å². The van der Waals surface area contributed by atoms with Crippen molar-refractivity contribution >= 4 is 5.82 Å². The predicted octanol–water partition coefficient (Wildman–Crippen LogP) is 1.92. The summed E-state index contributed by atoms with van der Waals surface area (Å²) in [7, 11) is 1.64. The van der Waals surface area contributed by atoms with Crippen LogP contribution < -0.4 is 5.32 Å². The maximum atomic E-state index is 5.49. The molecule has 1 aliphatic heterocycles. The molecule has 1 saturated heterocycles. The van der Waals surface area contributed by atoms with E-state index in [0.29, 0.717) is 37.3 Å². The van der Waals surface area contributed by atoms with E-state index >= 15 is 0 Å². The standard InChI is InChI=1S/C18H21N7O2/c1-26-11-17-21-14(13-4-7-27-10-13)8-15(22-17)20-9-16-23-18(25-24-16)12-2-5-19-6-3-12/h2-3,5-6,8,13H,4,7,9-11H2,1H3,(H,20,21,22)(H,23,24,25). The molecule has 1 unspecified atom stereocenters. The number of hydrogen-bond donors (Lipinski definition) is 2. The van der Waals surface area contributed by atoms with Crippen molar-refractivity contribution in [1.29, 1.82) is 0 Å². The van der Waals surface area contributed by atoms with E-state index in [2.05, 4.69) is 35.5 Å². The van der Waals surface area contributed by atoms with Gasteiger partial charge in [0.05, 0.1) is 18.8 Å². The Morgan fingerprint density at radius 2 is 2.15 bits per heavy atom. The molecule has 0 bridgehead atoms. The largest absolute Gasteiger partial charge is 0.381 e. The number of methoxy groups -OCH3 is 1. The van der Waals surface area contributed by atoms with Gasteiger partial charge < -0.3 is 14.8 Å². The number of nitrogens with zero attached hydrogens (tertiary/aromatic N) is 5. The molecule has 0 aliphatic carbocycles. The van der Waals surface area contributed by atoms with Crippen molar-refractivity contribution in [2.75, 3.05) is 25.6 Å². The summed E-state index contributed by atoms with van der Waals surface area (Å²) in [6.07, 6.45) is 4.41. The molecule has 0 spiro atoms. The first-order valence-corrected chi connectivity index (χ1v) is 8.82. The molecule has 9 heteroatoms. The van der Waals surface area contributed by atoms with Crippen molar-refractivity contribution in [3.05, 3.63) is 47.9 Å². The van der Waals surface area contributed by atoms with Crippen molar-refractivity contribution in [2.45, 2.75) is 25.5 Å². The van der Waals surface area contributed by atoms with E-state index in [4.69, 9.17) is 9.47 Å². The lowest BCUT2D eigenvalue weighted by Crippen LogP contribution is -2.10. The van der Waals surface area contributed by atoms with Crippen LogP contribution in [0.5, 0.6) is 0 Å². The predicted molar refractivity (Wildman–Crippen MR) is 97.9 cm³/mol. The molecule has 3 aromatic rings. The molecule has 4 rings (SSSR count). The molecule has 9 nitrogen and oxygen atoms in total. The zero-order chi connectivity index (χ0) is 18.5. The summed E-state index contributed by atoms with van der Waals surface area (Å²) in [6.45, 7) is 2.31. The Balaban J connectivity index is 1.48. The topological polar surface area (TPSA) is 111 Å². The zero-order valence-corrected chi connectivity index (χ0v) is 15.1. The molecule has 3 aromatic heterocycles. The van der Waals surface area contributed by atoms with Crippen LogP contribution in [0, 0.1) is 0 Å². The molecular weight excluding hydrogens is 346 g/mol. The first-order valence-electron chi connectivity index (χ1n) is 8.82. The van der Waals surface area contributed by atoms with Gasteiger partial charge in [-0.25, -0.2) is 15.0 Å². The summed E-state index contributed by atoms with van der Waals surface area (Å²) in [5, 5.41) is 10.5. The van der Waals surface area contributed by atoms with E-state index in [1.54, 1.807) is 19.5 Å². The van der Waals surface area contributed by atoms with Crippen molar-refractivity contribution in [1.82, 2.24) is 30.1 Å². The van der Waals surface area contributed by atoms with Crippen molar-refractivity contribution < 1.29 is 9.47 Å². The van der Waals surface area contributed by atoms with Crippen LogP contribution in [0.2, 0.25) is 0 Å². The monoisotopic (exact) mass is 367 g/mol. The molecule has 1 aliphatic rings. The fourth-order valence-corrected chi connectivity index (χ4v) is 2.96. The van der Waals surface area contributed by atoms with Gasteiger partial charge in [-0.1, -0.05) is 0 Å². The SMILES string of the molecule is COCc1nc(NCc2nc(-c3ccncc3)n[nH]2)cc(C2CCOC2)n1. The molecule has 27 heavy (non-hydrogen) atoms. The minimum Gasteiger partial charge on any atom is -0.381 e. The summed E-state index contributed by atoms with van der Waals surface area (Å²) < 4.78 is 10.7. The van der Waals surface area contributed by atoms with Crippen molar-refractivity contribution in [3.63, 3.8) is 0 Å². The molecule has 2 N–H and O–H groups in total. The van der Waals surface area contributed by atoms with Gasteiger partial charge in [-0.2, -0.15) is 5.10 Å². The summed E-state index contributed by atoms with van der Waals surface area (Å²) in [4.78, 5) is 17.6. The number of aromatic nitrogens is 6. The van der Waals surface area contributed by atoms with Crippen LogP contribution in [0.1, 0.15) is 29.7 Å². The highest BCUT2D eigenvalue weighted by atomic mass is 16.5. The second kappa shape index (κ2) is 8.19. The first kappa shape index (κ1) is 17.5. The van der Waals surface area contributed by atoms with Gasteiger partial charge in [0.1, 0.15) is 18.2 Å². The number of hydrogen-bond acceptors (Lipinski definition) is 8. The normalized spacial score (nSPS) is 16.6. The zero-order valence-electron chi connectivity index (χ0n) is 15.1. The average Bonchev–Trinajstić information content (AvgIpc) is 3.39. The molecule has 140 valence electrons. The Bertz CT molecular complexity index is 878. The van der Waals surface area contributed by atoms with Gasteiger partial charge in [0, 0.05) is 43.7 Å². The third kappa shape index (κ3) is 4.26. The van der Waals surface area contributed by atoms with Crippen LogP contribution in [-0.4, -0.2) is 50.5 Å². The fourth-order valence-electron chi connectivity index (χ4n) is 2.96. The van der Waals surface area contributed by atoms with Gasteiger partial charge in [-0.15, -0.1) is 0 Å². The van der Waals surface area contributed by atoms with Gasteiger partial charge in [-0.3, -0.25) is 10.1 Å². The number of pyridine rings is 1. The smallest absolute Gasteiger partial charge is 0.181 e. The van der Waals surface area contributed by atoms with E-state index in [9.17, 15) is 0 Å². The van der Waals surface area contributed by atoms with Crippen molar-refractivity contribution in [2.24, 2.45) is 0 Å². The second-order valence-electron chi connectivity index (χ2n) is 6.28. The van der Waals surface area contributed by atoms with Gasteiger partial charge in [0.25, 0.3) is 0 Å². The maximum Gasteiger partial charge on any atom is 0.181 e. The number of nitrogens with one attached hydrogen (secondary N) is 2. The highest BCUT2D eigenvalue weighted by Gasteiger charge is 2.20. The highest BCUT2D eigenvalue weighted by molar-refractivity contribution is 5.53. The summed E-state index contributed by atoms with van der Waals surface area (Å²) in [5.74, 6) is 3.05. The molecule has 4 heterocycles. The highest BCUT2D eigenvalue weighted by Crippen LogP contribution is 2.25. The minimum absolute atomic E-state index is 0.299. The minimum atomic E-state index is 0.299. The van der Waals surface area contributed by atoms with E-state index in [0.717, 1.165) is 35.9 Å². The van der Waals surface area contributed by atoms with E-state index in [-0.39, 0.29) is 0 Å². The molecule has 0 saturated carbocycles. The lowest BCUT2D eigenvalue weighted by molar-refractivity contribution is 0.177. The molecule has 1 atom stereocenters. The fraction of sp³-hybridized carbons (Fsp3) is 0.389. The van der Waals surface area contributed by atoms with Crippen LogP contribution in [0.15, 0.2) is 30.6 Å². The molecule has 1 fully saturated rings. The summed E-state index contributed by atoms with van der Waals surface area (Å²) >= 11 is 0. The lowest BCUT2D eigenvalue weighted by Gasteiger charge is -2.12. The average molecular weight is 367 g/mol. The number of H-pyrrole nitrogens is 1. The first-order chi connectivity index (χ1) is 13.3. The van der Waals surface area contributed by atoms with E-state index in [1.165, 1.54) is 0 Å². The Morgan fingerprint density at radius 1 is 1.26 bits per heavy atom.